The van der Waals surface area contributed by atoms with Gasteiger partial charge < -0.3 is 9.30 Å². The molecule has 3 heterocycles. The smallest absolute Gasteiger partial charge is 0.258 e. The molecule has 1 saturated heterocycles. The maximum atomic E-state index is 12.7. The molecule has 5 heteroatoms. The second kappa shape index (κ2) is 5.81. The Bertz CT molecular complexity index is 714. The highest BCUT2D eigenvalue weighted by molar-refractivity contribution is 5.95. The van der Waals surface area contributed by atoms with Gasteiger partial charge in [0.2, 0.25) is 5.95 Å². The second-order valence-corrected chi connectivity index (χ2v) is 6.33. The van der Waals surface area contributed by atoms with Crippen molar-refractivity contribution in [2.24, 2.45) is 0 Å². The number of nitrogens with zero attached hydrogens (tertiary/aromatic N) is 3. The predicted octanol–water partition coefficient (Wildman–Crippen LogP) is 2.77. The Labute approximate surface area is 135 Å². The molecule has 0 N–H and O–H groups in total. The third kappa shape index (κ3) is 2.65. The molecule has 2 aliphatic rings. The van der Waals surface area contributed by atoms with Crippen LogP contribution in [0.15, 0.2) is 30.5 Å². The van der Waals surface area contributed by atoms with Gasteiger partial charge in [-0.15, -0.1) is 0 Å². The van der Waals surface area contributed by atoms with Crippen molar-refractivity contribution in [3.05, 3.63) is 36.0 Å². The van der Waals surface area contributed by atoms with Gasteiger partial charge in [-0.25, -0.2) is 4.98 Å². The van der Waals surface area contributed by atoms with E-state index < -0.39 is 0 Å². The summed E-state index contributed by atoms with van der Waals surface area (Å²) in [5, 5.41) is 0. The van der Waals surface area contributed by atoms with E-state index in [1.807, 2.05) is 0 Å². The van der Waals surface area contributed by atoms with Crippen molar-refractivity contribution in [1.82, 2.24) is 9.55 Å². The van der Waals surface area contributed by atoms with Gasteiger partial charge in [-0.3, -0.25) is 9.69 Å². The number of anilines is 1. The van der Waals surface area contributed by atoms with Crippen LogP contribution in [0.5, 0.6) is 0 Å². The minimum Gasteiger partial charge on any atom is -0.368 e. The number of aromatic nitrogens is 2. The zero-order valence-corrected chi connectivity index (χ0v) is 13.4. The van der Waals surface area contributed by atoms with E-state index in [2.05, 4.69) is 42.0 Å². The summed E-state index contributed by atoms with van der Waals surface area (Å²) in [6.45, 7) is 4.39. The predicted molar refractivity (Wildman–Crippen MR) is 88.3 cm³/mol. The molecule has 1 aromatic heterocycles. The molecule has 0 radical (unpaired) electrons. The molecule has 23 heavy (non-hydrogen) atoms. The van der Waals surface area contributed by atoms with E-state index in [0.717, 1.165) is 49.6 Å². The van der Waals surface area contributed by atoms with Crippen LogP contribution in [-0.4, -0.2) is 34.7 Å². The first-order valence-corrected chi connectivity index (χ1v) is 8.29. The zero-order valence-electron chi connectivity index (χ0n) is 13.4. The van der Waals surface area contributed by atoms with Crippen LogP contribution >= 0.6 is 0 Å². The minimum atomic E-state index is -0.291. The summed E-state index contributed by atoms with van der Waals surface area (Å²) in [7, 11) is 0. The number of hydrogen-bond donors (Lipinski definition) is 0. The SMILES string of the molecule is Cc1ccc(-c2cn3c(n2)N(C(=O)[C@@H]2CCCO2)CCC3)cc1. The second-order valence-electron chi connectivity index (χ2n) is 6.33. The molecule has 0 saturated carbocycles. The number of fused-ring (bicyclic) bond motifs is 1. The summed E-state index contributed by atoms with van der Waals surface area (Å²) >= 11 is 0. The third-order valence-corrected chi connectivity index (χ3v) is 4.60. The van der Waals surface area contributed by atoms with E-state index in [9.17, 15) is 4.79 Å². The molecule has 1 aromatic carbocycles. The summed E-state index contributed by atoms with van der Waals surface area (Å²) in [5.41, 5.74) is 3.24. The van der Waals surface area contributed by atoms with Crippen molar-refractivity contribution in [2.75, 3.05) is 18.1 Å². The average molecular weight is 311 g/mol. The fourth-order valence-corrected chi connectivity index (χ4v) is 3.30. The lowest BCUT2D eigenvalue weighted by molar-refractivity contribution is -0.127. The molecule has 0 spiro atoms. The number of amides is 1. The van der Waals surface area contributed by atoms with Gasteiger partial charge >= 0.3 is 0 Å². The topological polar surface area (TPSA) is 47.4 Å². The molecule has 0 aliphatic carbocycles. The number of ether oxygens (including phenoxy) is 1. The molecule has 0 unspecified atom stereocenters. The van der Waals surface area contributed by atoms with Gasteiger partial charge in [0, 0.05) is 31.5 Å². The molecule has 0 bridgehead atoms. The van der Waals surface area contributed by atoms with Crippen LogP contribution in [0.25, 0.3) is 11.3 Å². The summed E-state index contributed by atoms with van der Waals surface area (Å²) in [6.07, 6.45) is 4.50. The molecule has 1 fully saturated rings. The Morgan fingerprint density at radius 1 is 1.22 bits per heavy atom. The first-order chi connectivity index (χ1) is 11.2. The lowest BCUT2D eigenvalue weighted by Crippen LogP contribution is -2.43. The van der Waals surface area contributed by atoms with E-state index >= 15 is 0 Å². The Hall–Kier alpha value is -2.14. The molecule has 1 amide bonds. The number of benzene rings is 1. The fraction of sp³-hybridized carbons (Fsp3) is 0.444. The highest BCUT2D eigenvalue weighted by Crippen LogP contribution is 2.28. The lowest BCUT2D eigenvalue weighted by Gasteiger charge is -2.28. The van der Waals surface area contributed by atoms with E-state index in [1.165, 1.54) is 5.56 Å². The summed E-state index contributed by atoms with van der Waals surface area (Å²) in [4.78, 5) is 19.2. The van der Waals surface area contributed by atoms with Crippen LogP contribution in [0.2, 0.25) is 0 Å². The molecule has 120 valence electrons. The fourth-order valence-electron chi connectivity index (χ4n) is 3.30. The highest BCUT2D eigenvalue weighted by atomic mass is 16.5. The van der Waals surface area contributed by atoms with Crippen molar-refractivity contribution in [3.8, 4) is 11.3 Å². The van der Waals surface area contributed by atoms with Crippen molar-refractivity contribution < 1.29 is 9.53 Å². The van der Waals surface area contributed by atoms with Crippen LogP contribution in [0.1, 0.15) is 24.8 Å². The van der Waals surface area contributed by atoms with Crippen molar-refractivity contribution in [2.45, 2.75) is 38.8 Å². The van der Waals surface area contributed by atoms with Crippen molar-refractivity contribution in [1.29, 1.82) is 0 Å². The number of carbonyl (C=O) groups is 1. The first-order valence-electron chi connectivity index (χ1n) is 8.29. The minimum absolute atomic E-state index is 0.0597. The van der Waals surface area contributed by atoms with E-state index in [0.29, 0.717) is 6.61 Å². The largest absolute Gasteiger partial charge is 0.368 e. The van der Waals surface area contributed by atoms with Crippen LogP contribution in [0, 0.1) is 6.92 Å². The molecular formula is C18H21N3O2. The zero-order chi connectivity index (χ0) is 15.8. The van der Waals surface area contributed by atoms with Gasteiger partial charge in [0.25, 0.3) is 5.91 Å². The van der Waals surface area contributed by atoms with E-state index in [4.69, 9.17) is 9.72 Å². The molecular weight excluding hydrogens is 290 g/mol. The van der Waals surface area contributed by atoms with Gasteiger partial charge in [-0.1, -0.05) is 29.8 Å². The molecule has 4 rings (SSSR count). The Morgan fingerprint density at radius 3 is 2.78 bits per heavy atom. The molecule has 2 aliphatic heterocycles. The van der Waals surface area contributed by atoms with E-state index in [1.54, 1.807) is 4.90 Å². The van der Waals surface area contributed by atoms with Gasteiger partial charge in [0.15, 0.2) is 0 Å². The van der Waals surface area contributed by atoms with Gasteiger partial charge in [0.05, 0.1) is 5.69 Å². The monoisotopic (exact) mass is 311 g/mol. The van der Waals surface area contributed by atoms with Crippen LogP contribution in [0.4, 0.5) is 5.95 Å². The van der Waals surface area contributed by atoms with Gasteiger partial charge in [0.1, 0.15) is 6.10 Å². The molecule has 1 atom stereocenters. The summed E-state index contributed by atoms with van der Waals surface area (Å²) < 4.78 is 7.65. The third-order valence-electron chi connectivity index (χ3n) is 4.60. The van der Waals surface area contributed by atoms with Crippen LogP contribution < -0.4 is 4.90 Å². The Balaban J connectivity index is 1.65. The number of rotatable bonds is 2. The average Bonchev–Trinajstić information content (AvgIpc) is 3.24. The van der Waals surface area contributed by atoms with Crippen LogP contribution in [0.3, 0.4) is 0 Å². The van der Waals surface area contributed by atoms with E-state index in [-0.39, 0.29) is 12.0 Å². The number of imidazole rings is 1. The summed E-state index contributed by atoms with van der Waals surface area (Å²) in [5.74, 6) is 0.817. The Morgan fingerprint density at radius 2 is 2.04 bits per heavy atom. The van der Waals surface area contributed by atoms with Crippen LogP contribution in [-0.2, 0) is 16.1 Å². The van der Waals surface area contributed by atoms with Crippen molar-refractivity contribution in [3.63, 3.8) is 0 Å². The molecule has 5 nitrogen and oxygen atoms in total. The normalized spacial score (nSPS) is 20.6. The molecule has 2 aromatic rings. The van der Waals surface area contributed by atoms with Crippen molar-refractivity contribution >= 4 is 11.9 Å². The quantitative estimate of drug-likeness (QED) is 0.857. The van der Waals surface area contributed by atoms with Gasteiger partial charge in [-0.05, 0) is 26.2 Å². The number of aryl methyl sites for hydroxylation is 2. The lowest BCUT2D eigenvalue weighted by atomic mass is 10.1. The summed E-state index contributed by atoms with van der Waals surface area (Å²) in [6, 6.07) is 8.33. The number of carbonyl (C=O) groups excluding carboxylic acids is 1. The maximum Gasteiger partial charge on any atom is 0.258 e. The number of hydrogen-bond acceptors (Lipinski definition) is 3. The highest BCUT2D eigenvalue weighted by Gasteiger charge is 2.33. The maximum absolute atomic E-state index is 12.7. The standard InChI is InChI=1S/C18H21N3O2/c1-13-5-7-14(8-6-13)15-12-20-9-3-10-21(18(20)19-15)17(22)16-4-2-11-23-16/h5-8,12,16H,2-4,9-11H2,1H3/t16-/m0/s1. The van der Waals surface area contributed by atoms with Gasteiger partial charge in [-0.2, -0.15) is 0 Å². The Kier molecular flexibility index (Phi) is 3.65. The first kappa shape index (κ1) is 14.5.